The number of sulfone groups is 1. The first-order valence-corrected chi connectivity index (χ1v) is 19.1. The highest BCUT2D eigenvalue weighted by Gasteiger charge is 2.47. The van der Waals surface area contributed by atoms with E-state index < -0.39 is 26.0 Å². The van der Waals surface area contributed by atoms with Crippen LogP contribution in [0.3, 0.4) is 0 Å². The van der Waals surface area contributed by atoms with E-state index in [4.69, 9.17) is 4.98 Å². The standard InChI is InChI=1S/C29H38N4O5S3/c30-19-29(11-12-29)32-27(34)24-4-2-1-3-23(24)25-26(39-28(31-25)21-9-15-40(35,36)16-10-21)20-5-7-22(8-6-20)33-13-17-41(37,38)18-14-33/h5-8,21,23-24,35-36H,1-4,9-18H2,(H,32,34)/t23-,24-/m1/s1. The maximum atomic E-state index is 13.5. The highest BCUT2D eigenvalue weighted by molar-refractivity contribution is 8.24. The van der Waals surface area contributed by atoms with Crippen molar-refractivity contribution < 1.29 is 22.3 Å². The minimum atomic E-state index is -2.96. The van der Waals surface area contributed by atoms with Crippen LogP contribution in [0.2, 0.25) is 0 Å². The van der Waals surface area contributed by atoms with Gasteiger partial charge in [0.2, 0.25) is 5.91 Å². The zero-order valence-corrected chi connectivity index (χ0v) is 25.6. The second-order valence-electron chi connectivity index (χ2n) is 12.1. The molecule has 41 heavy (non-hydrogen) atoms. The van der Waals surface area contributed by atoms with Crippen molar-refractivity contribution in [1.29, 1.82) is 5.26 Å². The number of nitrogens with one attached hydrogen (secondary N) is 1. The maximum absolute atomic E-state index is 13.5. The number of hydrogen-bond donors (Lipinski definition) is 3. The Labute approximate surface area is 247 Å². The van der Waals surface area contributed by atoms with Crippen LogP contribution in [0.15, 0.2) is 24.3 Å². The highest BCUT2D eigenvalue weighted by atomic mass is 32.3. The predicted molar refractivity (Wildman–Crippen MR) is 163 cm³/mol. The van der Waals surface area contributed by atoms with Crippen molar-refractivity contribution in [3.8, 4) is 16.5 Å². The second-order valence-corrected chi connectivity index (χ2v) is 17.9. The average molecular weight is 619 g/mol. The van der Waals surface area contributed by atoms with Gasteiger partial charge in [0.15, 0.2) is 9.84 Å². The summed E-state index contributed by atoms with van der Waals surface area (Å²) in [4.78, 5) is 21.9. The molecule has 1 aromatic heterocycles. The molecule has 2 saturated heterocycles. The van der Waals surface area contributed by atoms with Gasteiger partial charge in [0.25, 0.3) is 0 Å². The lowest BCUT2D eigenvalue weighted by atomic mass is 9.76. The van der Waals surface area contributed by atoms with E-state index in [9.17, 15) is 27.6 Å². The van der Waals surface area contributed by atoms with Gasteiger partial charge in [0.1, 0.15) is 5.54 Å². The summed E-state index contributed by atoms with van der Waals surface area (Å²) in [7, 11) is -5.46. The molecule has 3 heterocycles. The zero-order chi connectivity index (χ0) is 28.8. The van der Waals surface area contributed by atoms with Gasteiger partial charge in [-0.15, -0.1) is 11.3 Å². The molecule has 9 nitrogen and oxygen atoms in total. The number of benzene rings is 1. The summed E-state index contributed by atoms with van der Waals surface area (Å²) >= 11 is 1.66. The molecule has 2 aromatic rings. The molecule has 2 atom stereocenters. The van der Waals surface area contributed by atoms with Crippen LogP contribution >= 0.6 is 21.9 Å². The molecular weight excluding hydrogens is 581 g/mol. The van der Waals surface area contributed by atoms with E-state index in [0.717, 1.165) is 52.5 Å². The van der Waals surface area contributed by atoms with E-state index in [1.165, 1.54) is 0 Å². The van der Waals surface area contributed by atoms with Gasteiger partial charge in [-0.25, -0.2) is 13.4 Å². The van der Waals surface area contributed by atoms with E-state index >= 15 is 0 Å². The van der Waals surface area contributed by atoms with Crippen LogP contribution in [0.25, 0.3) is 10.4 Å². The number of amides is 1. The third-order valence-corrected chi connectivity index (χ3v) is 13.9. The van der Waals surface area contributed by atoms with Gasteiger partial charge in [-0.3, -0.25) is 13.9 Å². The SMILES string of the molecule is N#CC1(NC(=O)[C@@H]2CCCC[C@H]2c2nc(C3CCS(O)(O)CC3)sc2-c2ccc(N3CCS(=O)(=O)CC3)cc2)CC1. The molecule has 0 unspecified atom stereocenters. The molecule has 2 aliphatic carbocycles. The van der Waals surface area contributed by atoms with Crippen LogP contribution in [-0.4, -0.2) is 70.1 Å². The lowest BCUT2D eigenvalue weighted by molar-refractivity contribution is -0.127. The van der Waals surface area contributed by atoms with E-state index in [0.29, 0.717) is 50.3 Å². The first-order valence-electron chi connectivity index (χ1n) is 14.6. The number of carbonyl (C=O) groups is 1. The topological polar surface area (TPSA) is 144 Å². The zero-order valence-electron chi connectivity index (χ0n) is 23.1. The summed E-state index contributed by atoms with van der Waals surface area (Å²) in [5, 5.41) is 13.6. The largest absolute Gasteiger partial charge is 0.369 e. The van der Waals surface area contributed by atoms with Crippen molar-refractivity contribution >= 4 is 43.4 Å². The van der Waals surface area contributed by atoms with Crippen molar-refractivity contribution in [3.63, 3.8) is 0 Å². The summed E-state index contributed by atoms with van der Waals surface area (Å²) in [6, 6.07) is 10.5. The maximum Gasteiger partial charge on any atom is 0.225 e. The Kier molecular flexibility index (Phi) is 7.87. The van der Waals surface area contributed by atoms with Crippen molar-refractivity contribution in [2.24, 2.45) is 5.92 Å². The lowest BCUT2D eigenvalue weighted by Crippen LogP contribution is -2.42. The van der Waals surface area contributed by atoms with Crippen LogP contribution in [0.1, 0.15) is 73.9 Å². The van der Waals surface area contributed by atoms with Crippen molar-refractivity contribution in [1.82, 2.24) is 10.3 Å². The molecule has 1 aromatic carbocycles. The van der Waals surface area contributed by atoms with Gasteiger partial charge in [0.05, 0.1) is 33.2 Å². The van der Waals surface area contributed by atoms with E-state index in [1.54, 1.807) is 11.3 Å². The molecule has 6 rings (SSSR count). The van der Waals surface area contributed by atoms with E-state index in [-0.39, 0.29) is 35.2 Å². The number of hydrogen-bond acceptors (Lipinski definition) is 9. The number of aromatic nitrogens is 1. The molecule has 2 aliphatic heterocycles. The molecule has 222 valence electrons. The summed E-state index contributed by atoms with van der Waals surface area (Å²) in [6.07, 6.45) is 6.40. The summed E-state index contributed by atoms with van der Waals surface area (Å²) in [5.74, 6) is 0.954. The van der Waals surface area contributed by atoms with E-state index in [1.807, 2.05) is 12.1 Å². The predicted octanol–water partition coefficient (Wildman–Crippen LogP) is 5.12. The molecule has 0 radical (unpaired) electrons. The number of anilines is 1. The van der Waals surface area contributed by atoms with Gasteiger partial charge < -0.3 is 10.2 Å². The van der Waals surface area contributed by atoms with Crippen LogP contribution in [-0.2, 0) is 14.6 Å². The van der Waals surface area contributed by atoms with Crippen molar-refractivity contribution in [3.05, 3.63) is 35.0 Å². The monoisotopic (exact) mass is 618 g/mol. The van der Waals surface area contributed by atoms with Crippen LogP contribution < -0.4 is 10.2 Å². The van der Waals surface area contributed by atoms with Crippen molar-refractivity contribution in [2.45, 2.75) is 68.7 Å². The van der Waals surface area contributed by atoms with Crippen LogP contribution in [0.4, 0.5) is 5.69 Å². The molecule has 12 heteroatoms. The van der Waals surface area contributed by atoms with Crippen molar-refractivity contribution in [2.75, 3.05) is 41.0 Å². The summed E-state index contributed by atoms with van der Waals surface area (Å²) in [6.45, 7) is 0.975. The fourth-order valence-electron chi connectivity index (χ4n) is 6.42. The van der Waals surface area contributed by atoms with E-state index in [2.05, 4.69) is 28.4 Å². The Morgan fingerprint density at radius 1 is 1.02 bits per heavy atom. The molecule has 3 N–H and O–H groups in total. The molecule has 4 aliphatic rings. The van der Waals surface area contributed by atoms with Crippen LogP contribution in [0, 0.1) is 17.2 Å². The van der Waals surface area contributed by atoms with Gasteiger partial charge in [-0.05, 0) is 56.2 Å². The molecule has 4 fully saturated rings. The average Bonchev–Trinajstić information content (AvgIpc) is 3.60. The summed E-state index contributed by atoms with van der Waals surface area (Å²) in [5.41, 5.74) is 2.26. The van der Waals surface area contributed by atoms with Crippen LogP contribution in [0.5, 0.6) is 0 Å². The molecule has 0 bridgehead atoms. The Bertz CT molecular complexity index is 1420. The number of thiazole rings is 1. The molecular formula is C29H38N4O5S3. The Balaban J connectivity index is 1.31. The number of nitriles is 1. The Morgan fingerprint density at radius 3 is 2.32 bits per heavy atom. The van der Waals surface area contributed by atoms with Gasteiger partial charge in [-0.1, -0.05) is 25.0 Å². The molecule has 0 spiro atoms. The quantitative estimate of drug-likeness (QED) is 0.405. The van der Waals surface area contributed by atoms with Gasteiger partial charge in [-0.2, -0.15) is 15.9 Å². The van der Waals surface area contributed by atoms with Gasteiger partial charge in [0, 0.05) is 48.0 Å². The third kappa shape index (κ3) is 6.30. The first-order chi connectivity index (χ1) is 19.6. The fourth-order valence-corrected chi connectivity index (χ4v) is 10.5. The smallest absolute Gasteiger partial charge is 0.225 e. The second kappa shape index (κ2) is 11.2. The summed E-state index contributed by atoms with van der Waals surface area (Å²) < 4.78 is 44.1. The molecule has 2 saturated carbocycles. The number of carbonyl (C=O) groups excluding carboxylic acids is 1. The number of nitrogens with zero attached hydrogens (tertiary/aromatic N) is 3. The highest BCUT2D eigenvalue weighted by Crippen LogP contribution is 2.51. The van der Waals surface area contributed by atoms with Gasteiger partial charge >= 0.3 is 0 Å². The minimum Gasteiger partial charge on any atom is -0.369 e. The first kappa shape index (κ1) is 28.9. The fraction of sp³-hybridized carbons (Fsp3) is 0.621. The Morgan fingerprint density at radius 2 is 1.68 bits per heavy atom. The third-order valence-electron chi connectivity index (χ3n) is 9.23. The normalized spacial score (nSPS) is 27.9. The minimum absolute atomic E-state index is 0.0451. The number of rotatable bonds is 6. The molecule has 1 amide bonds. The lowest BCUT2D eigenvalue weighted by Gasteiger charge is -2.38. The Hall–Kier alpha value is -2.17.